The van der Waals surface area contributed by atoms with Gasteiger partial charge in [0.1, 0.15) is 5.82 Å². The normalized spacial score (nSPS) is 12.4. The van der Waals surface area contributed by atoms with Crippen LogP contribution in [0.3, 0.4) is 0 Å². The molecule has 0 fully saturated rings. The van der Waals surface area contributed by atoms with E-state index in [1.807, 2.05) is 6.92 Å². The molecular formula is C12H19ClN4. The Balaban J connectivity index is 2.43. The standard InChI is InChI=1S/C12H19ClN4/c1-3-4-5-11-16-10(12(13)17-11)8-15-7-9(2)6-14/h9,15H,3-5,7-8H2,1-2H3,(H,16,17). The number of nitrogens with one attached hydrogen (secondary N) is 2. The van der Waals surface area contributed by atoms with Crippen molar-refractivity contribution in [2.24, 2.45) is 5.92 Å². The number of nitrogens with zero attached hydrogens (tertiary/aromatic N) is 2. The van der Waals surface area contributed by atoms with Crippen LogP contribution in [-0.2, 0) is 13.0 Å². The average Bonchev–Trinajstić information content (AvgIpc) is 2.67. The summed E-state index contributed by atoms with van der Waals surface area (Å²) in [6.07, 6.45) is 3.19. The second-order valence-electron chi connectivity index (χ2n) is 4.22. The summed E-state index contributed by atoms with van der Waals surface area (Å²) in [5, 5.41) is 12.4. The minimum Gasteiger partial charge on any atom is -0.344 e. The molecule has 1 heterocycles. The first-order valence-corrected chi connectivity index (χ1v) is 6.38. The SMILES string of the molecule is CCCCc1nc(Cl)c(CNCC(C)C#N)[nH]1. The number of nitriles is 1. The van der Waals surface area contributed by atoms with Crippen LogP contribution >= 0.6 is 11.6 Å². The highest BCUT2D eigenvalue weighted by atomic mass is 35.5. The molecule has 1 aromatic heterocycles. The second-order valence-corrected chi connectivity index (χ2v) is 4.58. The predicted octanol–water partition coefficient (Wildman–Crippen LogP) is 2.65. The monoisotopic (exact) mass is 254 g/mol. The molecule has 0 saturated carbocycles. The lowest BCUT2D eigenvalue weighted by molar-refractivity contribution is 0.596. The minimum atomic E-state index is 0.0104. The van der Waals surface area contributed by atoms with Crippen molar-refractivity contribution in [3.8, 4) is 6.07 Å². The van der Waals surface area contributed by atoms with Crippen molar-refractivity contribution in [2.45, 2.75) is 39.7 Å². The van der Waals surface area contributed by atoms with Gasteiger partial charge in [-0.1, -0.05) is 24.9 Å². The summed E-state index contributed by atoms with van der Waals surface area (Å²) in [4.78, 5) is 7.49. The van der Waals surface area contributed by atoms with E-state index in [0.717, 1.165) is 30.8 Å². The molecule has 0 aliphatic rings. The van der Waals surface area contributed by atoms with Gasteiger partial charge < -0.3 is 10.3 Å². The summed E-state index contributed by atoms with van der Waals surface area (Å²) in [6.45, 7) is 5.32. The average molecular weight is 255 g/mol. The maximum Gasteiger partial charge on any atom is 0.151 e. The Kier molecular flexibility index (Phi) is 6.03. The molecule has 0 saturated heterocycles. The number of aryl methyl sites for hydroxylation is 1. The number of hydrogen-bond donors (Lipinski definition) is 2. The minimum absolute atomic E-state index is 0.0104. The highest BCUT2D eigenvalue weighted by Gasteiger charge is 2.08. The van der Waals surface area contributed by atoms with Crippen LogP contribution in [0, 0.1) is 17.2 Å². The summed E-state index contributed by atoms with van der Waals surface area (Å²) in [7, 11) is 0. The molecule has 2 N–H and O–H groups in total. The van der Waals surface area contributed by atoms with Gasteiger partial charge in [-0.2, -0.15) is 5.26 Å². The molecule has 1 atom stereocenters. The van der Waals surface area contributed by atoms with Gasteiger partial charge >= 0.3 is 0 Å². The molecule has 94 valence electrons. The van der Waals surface area contributed by atoms with E-state index in [4.69, 9.17) is 16.9 Å². The van der Waals surface area contributed by atoms with Crippen LogP contribution < -0.4 is 5.32 Å². The van der Waals surface area contributed by atoms with Gasteiger partial charge in [0, 0.05) is 19.5 Å². The van der Waals surface area contributed by atoms with E-state index >= 15 is 0 Å². The number of rotatable bonds is 7. The zero-order chi connectivity index (χ0) is 12.7. The van der Waals surface area contributed by atoms with Crippen LogP contribution in [0.1, 0.15) is 38.2 Å². The van der Waals surface area contributed by atoms with Crippen molar-refractivity contribution in [1.29, 1.82) is 5.26 Å². The molecule has 1 rings (SSSR count). The van der Waals surface area contributed by atoms with Crippen molar-refractivity contribution < 1.29 is 0 Å². The first-order chi connectivity index (χ1) is 8.17. The van der Waals surface area contributed by atoms with Gasteiger partial charge in [-0.15, -0.1) is 0 Å². The lowest BCUT2D eigenvalue weighted by Gasteiger charge is -2.04. The summed E-state index contributed by atoms with van der Waals surface area (Å²) < 4.78 is 0. The smallest absolute Gasteiger partial charge is 0.151 e. The fourth-order valence-electron chi connectivity index (χ4n) is 1.48. The quantitative estimate of drug-likeness (QED) is 0.786. The van der Waals surface area contributed by atoms with E-state index < -0.39 is 0 Å². The predicted molar refractivity (Wildman–Crippen MR) is 68.7 cm³/mol. The molecule has 0 aliphatic carbocycles. The maximum absolute atomic E-state index is 8.65. The Hall–Kier alpha value is -1.05. The molecule has 0 spiro atoms. The Morgan fingerprint density at radius 1 is 1.59 bits per heavy atom. The number of aromatic nitrogens is 2. The van der Waals surface area contributed by atoms with E-state index in [-0.39, 0.29) is 5.92 Å². The van der Waals surface area contributed by atoms with Gasteiger partial charge in [0.15, 0.2) is 5.15 Å². The Bertz CT molecular complexity index is 380. The zero-order valence-corrected chi connectivity index (χ0v) is 11.1. The number of hydrogen-bond acceptors (Lipinski definition) is 3. The van der Waals surface area contributed by atoms with Crippen molar-refractivity contribution in [1.82, 2.24) is 15.3 Å². The highest BCUT2D eigenvalue weighted by molar-refractivity contribution is 6.30. The lowest BCUT2D eigenvalue weighted by atomic mass is 10.2. The van der Waals surface area contributed by atoms with Crippen molar-refractivity contribution >= 4 is 11.6 Å². The molecule has 4 nitrogen and oxygen atoms in total. The van der Waals surface area contributed by atoms with Crippen LogP contribution in [0.4, 0.5) is 0 Å². The van der Waals surface area contributed by atoms with Gasteiger partial charge in [-0.25, -0.2) is 4.98 Å². The van der Waals surface area contributed by atoms with Crippen molar-refractivity contribution in [2.75, 3.05) is 6.54 Å². The van der Waals surface area contributed by atoms with E-state index in [1.165, 1.54) is 0 Å². The number of imidazole rings is 1. The molecule has 0 radical (unpaired) electrons. The number of halogens is 1. The van der Waals surface area contributed by atoms with Crippen LogP contribution in [0.15, 0.2) is 0 Å². The first kappa shape index (κ1) is 14.0. The third-order valence-corrected chi connectivity index (χ3v) is 2.83. The Labute approximate surface area is 107 Å². The molecule has 5 heteroatoms. The van der Waals surface area contributed by atoms with Gasteiger partial charge in [0.05, 0.1) is 17.7 Å². The van der Waals surface area contributed by atoms with Gasteiger partial charge in [-0.05, 0) is 13.3 Å². The van der Waals surface area contributed by atoms with Crippen molar-refractivity contribution in [3.63, 3.8) is 0 Å². The highest BCUT2D eigenvalue weighted by Crippen LogP contribution is 2.13. The van der Waals surface area contributed by atoms with Crippen LogP contribution in [0.2, 0.25) is 5.15 Å². The third-order valence-electron chi connectivity index (χ3n) is 2.52. The zero-order valence-electron chi connectivity index (χ0n) is 10.4. The second kappa shape index (κ2) is 7.31. The third kappa shape index (κ3) is 4.76. The van der Waals surface area contributed by atoms with E-state index in [0.29, 0.717) is 18.2 Å². The van der Waals surface area contributed by atoms with Gasteiger partial charge in [-0.3, -0.25) is 0 Å². The fourth-order valence-corrected chi connectivity index (χ4v) is 1.69. The molecule has 1 aromatic rings. The summed E-state index contributed by atoms with van der Waals surface area (Å²) in [5.74, 6) is 0.957. The van der Waals surface area contributed by atoms with E-state index in [2.05, 4.69) is 28.3 Å². The van der Waals surface area contributed by atoms with E-state index in [1.54, 1.807) is 0 Å². The Morgan fingerprint density at radius 3 is 3.00 bits per heavy atom. The van der Waals surface area contributed by atoms with Crippen LogP contribution in [0.25, 0.3) is 0 Å². The number of aromatic amines is 1. The largest absolute Gasteiger partial charge is 0.344 e. The lowest BCUT2D eigenvalue weighted by Crippen LogP contribution is -2.20. The molecule has 0 bridgehead atoms. The van der Waals surface area contributed by atoms with Crippen LogP contribution in [-0.4, -0.2) is 16.5 Å². The van der Waals surface area contributed by atoms with Crippen LogP contribution in [0.5, 0.6) is 0 Å². The number of unbranched alkanes of at least 4 members (excludes halogenated alkanes) is 1. The molecule has 17 heavy (non-hydrogen) atoms. The Morgan fingerprint density at radius 2 is 2.35 bits per heavy atom. The van der Waals surface area contributed by atoms with E-state index in [9.17, 15) is 0 Å². The molecule has 0 aromatic carbocycles. The molecular weight excluding hydrogens is 236 g/mol. The topological polar surface area (TPSA) is 64.5 Å². The van der Waals surface area contributed by atoms with Gasteiger partial charge in [0.25, 0.3) is 0 Å². The van der Waals surface area contributed by atoms with Gasteiger partial charge in [0.2, 0.25) is 0 Å². The fraction of sp³-hybridized carbons (Fsp3) is 0.667. The molecule has 0 amide bonds. The van der Waals surface area contributed by atoms with Crippen molar-refractivity contribution in [3.05, 3.63) is 16.7 Å². The molecule has 1 unspecified atom stereocenters. The maximum atomic E-state index is 8.65. The summed E-state index contributed by atoms with van der Waals surface area (Å²) in [5.41, 5.74) is 0.905. The summed E-state index contributed by atoms with van der Waals surface area (Å²) in [6, 6.07) is 2.18. The first-order valence-electron chi connectivity index (χ1n) is 6.01. The molecule has 0 aliphatic heterocycles. The summed E-state index contributed by atoms with van der Waals surface area (Å²) >= 11 is 6.03. The number of H-pyrrole nitrogens is 1.